The van der Waals surface area contributed by atoms with Gasteiger partial charge in [0.25, 0.3) is 5.91 Å². The number of thiophene rings is 1. The quantitative estimate of drug-likeness (QED) is 0.502. The van der Waals surface area contributed by atoms with E-state index in [0.29, 0.717) is 18.0 Å². The molecule has 0 radical (unpaired) electrons. The SMILES string of the molecule is CCCOc1ccccc1-c1cc(C(=O)N/N=C\c2cccs2)[nH]n1. The lowest BCUT2D eigenvalue weighted by Gasteiger charge is -2.08. The van der Waals surface area contributed by atoms with Crippen molar-refractivity contribution in [1.29, 1.82) is 0 Å². The first kappa shape index (κ1) is 16.9. The highest BCUT2D eigenvalue weighted by Crippen LogP contribution is 2.28. The Morgan fingerprint density at radius 3 is 3.04 bits per heavy atom. The standard InChI is InChI=1S/C18H18N4O2S/c1-2-9-24-17-8-4-3-7-14(17)15-11-16(21-20-15)18(23)22-19-12-13-6-5-10-25-13/h3-8,10-12H,2,9H2,1H3,(H,20,21)(H,22,23)/b19-12-. The van der Waals surface area contributed by atoms with Crippen molar-refractivity contribution in [2.75, 3.05) is 6.61 Å². The Hall–Kier alpha value is -2.93. The highest BCUT2D eigenvalue weighted by molar-refractivity contribution is 7.11. The van der Waals surface area contributed by atoms with Crippen molar-refractivity contribution < 1.29 is 9.53 Å². The van der Waals surface area contributed by atoms with E-state index >= 15 is 0 Å². The summed E-state index contributed by atoms with van der Waals surface area (Å²) in [6, 6.07) is 13.2. The van der Waals surface area contributed by atoms with Crippen molar-refractivity contribution in [3.05, 3.63) is 58.4 Å². The van der Waals surface area contributed by atoms with E-state index in [2.05, 4.69) is 27.6 Å². The van der Waals surface area contributed by atoms with Crippen LogP contribution in [0.2, 0.25) is 0 Å². The Morgan fingerprint density at radius 1 is 1.36 bits per heavy atom. The summed E-state index contributed by atoms with van der Waals surface area (Å²) in [7, 11) is 0. The largest absolute Gasteiger partial charge is 0.493 e. The first-order valence-electron chi connectivity index (χ1n) is 7.92. The molecule has 0 aliphatic carbocycles. The average Bonchev–Trinajstić information content (AvgIpc) is 3.32. The van der Waals surface area contributed by atoms with Gasteiger partial charge < -0.3 is 4.74 Å². The Bertz CT molecular complexity index is 856. The summed E-state index contributed by atoms with van der Waals surface area (Å²) in [6.07, 6.45) is 2.53. The number of nitrogens with one attached hydrogen (secondary N) is 2. The van der Waals surface area contributed by atoms with Crippen LogP contribution in [0.5, 0.6) is 5.75 Å². The molecule has 0 fully saturated rings. The smallest absolute Gasteiger partial charge is 0.289 e. The lowest BCUT2D eigenvalue weighted by Crippen LogP contribution is -2.17. The number of benzene rings is 1. The topological polar surface area (TPSA) is 79.4 Å². The third-order valence-corrected chi connectivity index (χ3v) is 4.16. The highest BCUT2D eigenvalue weighted by atomic mass is 32.1. The highest BCUT2D eigenvalue weighted by Gasteiger charge is 2.13. The van der Waals surface area contributed by atoms with E-state index in [0.717, 1.165) is 22.6 Å². The van der Waals surface area contributed by atoms with Gasteiger partial charge in [-0.3, -0.25) is 9.89 Å². The molecule has 0 aliphatic rings. The fraction of sp³-hybridized carbons (Fsp3) is 0.167. The Morgan fingerprint density at radius 2 is 2.24 bits per heavy atom. The van der Waals surface area contributed by atoms with E-state index in [9.17, 15) is 4.79 Å². The molecular weight excluding hydrogens is 336 g/mol. The number of ether oxygens (including phenoxy) is 1. The number of para-hydroxylation sites is 1. The summed E-state index contributed by atoms with van der Waals surface area (Å²) in [6.45, 7) is 2.68. The van der Waals surface area contributed by atoms with E-state index in [-0.39, 0.29) is 5.91 Å². The summed E-state index contributed by atoms with van der Waals surface area (Å²) < 4.78 is 5.74. The zero-order chi connectivity index (χ0) is 17.5. The number of carbonyl (C=O) groups is 1. The van der Waals surface area contributed by atoms with Crippen LogP contribution in [0.25, 0.3) is 11.3 Å². The number of carbonyl (C=O) groups excluding carboxylic acids is 1. The Kier molecular flexibility index (Phi) is 5.58. The van der Waals surface area contributed by atoms with Crippen LogP contribution in [0.4, 0.5) is 0 Å². The minimum atomic E-state index is -0.349. The molecule has 0 unspecified atom stereocenters. The van der Waals surface area contributed by atoms with Gasteiger partial charge >= 0.3 is 0 Å². The molecule has 128 valence electrons. The molecule has 6 nitrogen and oxygen atoms in total. The second-order valence-corrected chi connectivity index (χ2v) is 6.21. The first-order chi connectivity index (χ1) is 12.3. The summed E-state index contributed by atoms with van der Waals surface area (Å²) in [5.74, 6) is 0.400. The van der Waals surface area contributed by atoms with E-state index in [1.165, 1.54) is 0 Å². The summed E-state index contributed by atoms with van der Waals surface area (Å²) >= 11 is 1.55. The van der Waals surface area contributed by atoms with Gasteiger partial charge in [-0.25, -0.2) is 5.43 Å². The molecule has 1 amide bonds. The molecule has 2 aromatic heterocycles. The molecule has 0 atom stereocenters. The lowest BCUT2D eigenvalue weighted by molar-refractivity contribution is 0.0950. The number of aromatic amines is 1. The molecule has 0 saturated heterocycles. The molecule has 2 heterocycles. The van der Waals surface area contributed by atoms with Gasteiger partial charge in [-0.1, -0.05) is 25.1 Å². The van der Waals surface area contributed by atoms with Gasteiger partial charge in [0.05, 0.1) is 18.5 Å². The number of aromatic nitrogens is 2. The van der Waals surface area contributed by atoms with Crippen LogP contribution in [0.1, 0.15) is 28.7 Å². The minimum absolute atomic E-state index is 0.337. The van der Waals surface area contributed by atoms with Crippen LogP contribution in [0, 0.1) is 0 Å². The number of nitrogens with zero attached hydrogens (tertiary/aromatic N) is 2. The number of rotatable bonds is 7. The van der Waals surface area contributed by atoms with Crippen LogP contribution >= 0.6 is 11.3 Å². The molecule has 0 bridgehead atoms. The fourth-order valence-electron chi connectivity index (χ4n) is 2.17. The zero-order valence-electron chi connectivity index (χ0n) is 13.7. The van der Waals surface area contributed by atoms with Gasteiger partial charge in [-0.05, 0) is 36.1 Å². The normalized spacial score (nSPS) is 10.9. The van der Waals surface area contributed by atoms with Crippen molar-refractivity contribution in [3.63, 3.8) is 0 Å². The summed E-state index contributed by atoms with van der Waals surface area (Å²) in [4.78, 5) is 13.1. The van der Waals surface area contributed by atoms with Crippen molar-refractivity contribution in [2.45, 2.75) is 13.3 Å². The molecular formula is C18H18N4O2S. The van der Waals surface area contributed by atoms with Crippen LogP contribution in [0.3, 0.4) is 0 Å². The number of hydrogen-bond acceptors (Lipinski definition) is 5. The average molecular weight is 354 g/mol. The molecule has 25 heavy (non-hydrogen) atoms. The molecule has 0 saturated carbocycles. The van der Waals surface area contributed by atoms with Gasteiger partial charge in [0.2, 0.25) is 0 Å². The van der Waals surface area contributed by atoms with Gasteiger partial charge in [-0.2, -0.15) is 10.2 Å². The maximum Gasteiger partial charge on any atom is 0.289 e. The predicted molar refractivity (Wildman–Crippen MR) is 99.2 cm³/mol. The minimum Gasteiger partial charge on any atom is -0.493 e. The predicted octanol–water partition coefficient (Wildman–Crippen LogP) is 3.69. The number of amides is 1. The van der Waals surface area contributed by atoms with Crippen LogP contribution < -0.4 is 10.2 Å². The van der Waals surface area contributed by atoms with Crippen molar-refractivity contribution in [1.82, 2.24) is 15.6 Å². The maximum atomic E-state index is 12.2. The maximum absolute atomic E-state index is 12.2. The van der Waals surface area contributed by atoms with Gasteiger partial charge in [0.15, 0.2) is 0 Å². The summed E-state index contributed by atoms with van der Waals surface area (Å²) in [5.41, 5.74) is 4.32. The monoisotopic (exact) mass is 354 g/mol. The van der Waals surface area contributed by atoms with E-state index in [1.807, 2.05) is 41.8 Å². The van der Waals surface area contributed by atoms with Gasteiger partial charge in [0, 0.05) is 10.4 Å². The number of H-pyrrole nitrogens is 1. The van der Waals surface area contributed by atoms with Gasteiger partial charge in [0.1, 0.15) is 11.4 Å². The molecule has 1 aromatic carbocycles. The Labute approximate surface area is 149 Å². The summed E-state index contributed by atoms with van der Waals surface area (Å²) in [5, 5.41) is 12.9. The van der Waals surface area contributed by atoms with Crippen molar-refractivity contribution in [3.8, 4) is 17.0 Å². The van der Waals surface area contributed by atoms with E-state index in [1.54, 1.807) is 23.6 Å². The van der Waals surface area contributed by atoms with E-state index in [4.69, 9.17) is 4.74 Å². The second-order valence-electron chi connectivity index (χ2n) is 5.23. The van der Waals surface area contributed by atoms with Gasteiger partial charge in [-0.15, -0.1) is 11.3 Å². The fourth-order valence-corrected chi connectivity index (χ4v) is 2.76. The molecule has 2 N–H and O–H groups in total. The van der Waals surface area contributed by atoms with Crippen LogP contribution in [0.15, 0.2) is 52.9 Å². The Balaban J connectivity index is 1.71. The van der Waals surface area contributed by atoms with Crippen molar-refractivity contribution >= 4 is 23.5 Å². The van der Waals surface area contributed by atoms with Crippen molar-refractivity contribution in [2.24, 2.45) is 5.10 Å². The van der Waals surface area contributed by atoms with Crippen LogP contribution in [-0.2, 0) is 0 Å². The molecule has 0 aliphatic heterocycles. The second kappa shape index (κ2) is 8.25. The number of hydrogen-bond donors (Lipinski definition) is 2. The zero-order valence-corrected chi connectivity index (χ0v) is 14.5. The lowest BCUT2D eigenvalue weighted by atomic mass is 10.1. The van der Waals surface area contributed by atoms with Crippen LogP contribution in [-0.4, -0.2) is 28.9 Å². The van der Waals surface area contributed by atoms with E-state index < -0.39 is 0 Å². The molecule has 3 aromatic rings. The molecule has 0 spiro atoms. The molecule has 3 rings (SSSR count). The third-order valence-electron chi connectivity index (χ3n) is 3.35. The number of hydrazone groups is 1. The first-order valence-corrected chi connectivity index (χ1v) is 8.80. The third kappa shape index (κ3) is 4.33. The molecule has 7 heteroatoms.